The van der Waals surface area contributed by atoms with Gasteiger partial charge in [0, 0.05) is 19.3 Å². The number of anilines is 1. The maximum atomic E-state index is 11.8. The molecule has 0 aliphatic carbocycles. The van der Waals surface area contributed by atoms with Gasteiger partial charge in [-0.1, -0.05) is 11.2 Å². The molecule has 0 unspecified atom stereocenters. The van der Waals surface area contributed by atoms with E-state index in [2.05, 4.69) is 10.1 Å². The largest absolute Gasteiger partial charge is 0.351 e. The molecule has 1 amide bonds. The van der Waals surface area contributed by atoms with Gasteiger partial charge in [-0.25, -0.2) is 4.98 Å². The molecule has 5 heteroatoms. The third-order valence-corrected chi connectivity index (χ3v) is 2.19. The number of nitrogens with zero attached hydrogens (tertiary/aromatic N) is 3. The first-order valence-electron chi connectivity index (χ1n) is 4.80. The van der Waals surface area contributed by atoms with Gasteiger partial charge in [0.2, 0.25) is 5.76 Å². The van der Waals surface area contributed by atoms with E-state index in [1.165, 1.54) is 17.2 Å². The predicted molar refractivity (Wildman–Crippen MR) is 58.2 cm³/mol. The Bertz CT molecular complexity index is 476. The monoisotopic (exact) mass is 217 g/mol. The lowest BCUT2D eigenvalue weighted by Crippen LogP contribution is -2.26. The molecular weight excluding hydrogens is 206 g/mol. The van der Waals surface area contributed by atoms with Crippen molar-refractivity contribution in [3.05, 3.63) is 41.9 Å². The molecule has 0 aromatic carbocycles. The van der Waals surface area contributed by atoms with Crippen molar-refractivity contribution in [3.63, 3.8) is 0 Å². The third-order valence-electron chi connectivity index (χ3n) is 2.19. The van der Waals surface area contributed by atoms with E-state index in [0.717, 1.165) is 5.56 Å². The number of carbonyl (C=O) groups is 1. The van der Waals surface area contributed by atoms with Gasteiger partial charge in [0.15, 0.2) is 0 Å². The molecule has 0 aliphatic rings. The number of carbonyl (C=O) groups excluding carboxylic acids is 1. The Kier molecular flexibility index (Phi) is 2.68. The summed E-state index contributed by atoms with van der Waals surface area (Å²) in [7, 11) is 1.64. The maximum Gasteiger partial charge on any atom is 0.297 e. The topological polar surface area (TPSA) is 59.2 Å². The number of amides is 1. The summed E-state index contributed by atoms with van der Waals surface area (Å²) in [4.78, 5) is 17.4. The Morgan fingerprint density at radius 2 is 2.19 bits per heavy atom. The van der Waals surface area contributed by atoms with Crippen LogP contribution in [0.4, 0.5) is 5.82 Å². The van der Waals surface area contributed by atoms with Crippen molar-refractivity contribution in [1.29, 1.82) is 0 Å². The first-order chi connectivity index (χ1) is 7.68. The van der Waals surface area contributed by atoms with Crippen LogP contribution < -0.4 is 4.90 Å². The smallest absolute Gasteiger partial charge is 0.297 e. The lowest BCUT2D eigenvalue weighted by Gasteiger charge is -2.13. The summed E-state index contributed by atoms with van der Waals surface area (Å²) in [6.45, 7) is 1.94. The van der Waals surface area contributed by atoms with E-state index < -0.39 is 0 Å². The van der Waals surface area contributed by atoms with Gasteiger partial charge in [-0.2, -0.15) is 0 Å². The fraction of sp³-hybridized carbons (Fsp3) is 0.182. The van der Waals surface area contributed by atoms with Crippen molar-refractivity contribution in [2.24, 2.45) is 0 Å². The summed E-state index contributed by atoms with van der Waals surface area (Å²) in [5.74, 6) is 0.505. The Labute approximate surface area is 92.7 Å². The van der Waals surface area contributed by atoms with E-state index in [1.807, 2.05) is 13.0 Å². The van der Waals surface area contributed by atoms with Crippen LogP contribution in [0.15, 0.2) is 35.1 Å². The van der Waals surface area contributed by atoms with E-state index in [9.17, 15) is 4.79 Å². The van der Waals surface area contributed by atoms with Gasteiger partial charge in [0.25, 0.3) is 5.91 Å². The van der Waals surface area contributed by atoms with Crippen LogP contribution in [0.2, 0.25) is 0 Å². The molecule has 0 fully saturated rings. The fourth-order valence-corrected chi connectivity index (χ4v) is 1.25. The molecule has 0 atom stereocenters. The molecule has 16 heavy (non-hydrogen) atoms. The molecule has 0 aliphatic heterocycles. The van der Waals surface area contributed by atoms with Crippen molar-refractivity contribution in [1.82, 2.24) is 10.1 Å². The minimum atomic E-state index is -0.270. The van der Waals surface area contributed by atoms with Gasteiger partial charge in [-0.15, -0.1) is 0 Å². The van der Waals surface area contributed by atoms with Crippen LogP contribution in [-0.4, -0.2) is 23.1 Å². The van der Waals surface area contributed by atoms with Gasteiger partial charge in [0.05, 0.1) is 6.20 Å². The molecule has 0 spiro atoms. The average Bonchev–Trinajstić information content (AvgIpc) is 2.81. The second-order valence-corrected chi connectivity index (χ2v) is 3.43. The van der Waals surface area contributed by atoms with Gasteiger partial charge in [0.1, 0.15) is 5.82 Å². The minimum absolute atomic E-state index is 0.199. The Balaban J connectivity index is 2.22. The molecule has 2 aromatic rings. The van der Waals surface area contributed by atoms with Crippen LogP contribution in [0.5, 0.6) is 0 Å². The fourth-order valence-electron chi connectivity index (χ4n) is 1.25. The number of aryl methyl sites for hydroxylation is 1. The third kappa shape index (κ3) is 1.93. The Hall–Kier alpha value is -2.17. The van der Waals surface area contributed by atoms with Crippen LogP contribution in [0.3, 0.4) is 0 Å². The molecule has 2 heterocycles. The highest BCUT2D eigenvalue weighted by Gasteiger charge is 2.17. The second-order valence-electron chi connectivity index (χ2n) is 3.43. The lowest BCUT2D eigenvalue weighted by molar-refractivity contribution is 0.0957. The molecule has 2 rings (SSSR count). The van der Waals surface area contributed by atoms with E-state index >= 15 is 0 Å². The Morgan fingerprint density at radius 3 is 2.75 bits per heavy atom. The average molecular weight is 217 g/mol. The number of rotatable bonds is 2. The second kappa shape index (κ2) is 4.14. The molecule has 0 bridgehead atoms. The normalized spacial score (nSPS) is 10.1. The van der Waals surface area contributed by atoms with Crippen molar-refractivity contribution in [3.8, 4) is 0 Å². The lowest BCUT2D eigenvalue weighted by atomic mass is 10.3. The van der Waals surface area contributed by atoms with Gasteiger partial charge < -0.3 is 4.52 Å². The molecule has 0 saturated heterocycles. The molecule has 5 nitrogen and oxygen atoms in total. The molecule has 82 valence electrons. The summed E-state index contributed by atoms with van der Waals surface area (Å²) in [5.41, 5.74) is 1.05. The van der Waals surface area contributed by atoms with Gasteiger partial charge >= 0.3 is 0 Å². The highest BCUT2D eigenvalue weighted by Crippen LogP contribution is 2.12. The number of hydrogen-bond donors (Lipinski definition) is 0. The van der Waals surface area contributed by atoms with E-state index in [1.54, 1.807) is 19.3 Å². The van der Waals surface area contributed by atoms with Crippen molar-refractivity contribution >= 4 is 11.7 Å². The summed E-state index contributed by atoms with van der Waals surface area (Å²) in [6, 6.07) is 5.20. The molecule has 0 N–H and O–H groups in total. The van der Waals surface area contributed by atoms with Crippen molar-refractivity contribution < 1.29 is 9.32 Å². The van der Waals surface area contributed by atoms with Crippen molar-refractivity contribution in [2.45, 2.75) is 6.92 Å². The molecule has 2 aromatic heterocycles. The van der Waals surface area contributed by atoms with Gasteiger partial charge in [-0.3, -0.25) is 9.69 Å². The summed E-state index contributed by atoms with van der Waals surface area (Å²) < 4.78 is 4.79. The van der Waals surface area contributed by atoms with E-state index in [0.29, 0.717) is 5.82 Å². The minimum Gasteiger partial charge on any atom is -0.351 e. The number of pyridine rings is 1. The number of hydrogen-bond acceptors (Lipinski definition) is 4. The maximum absolute atomic E-state index is 11.8. The van der Waals surface area contributed by atoms with Crippen molar-refractivity contribution in [2.75, 3.05) is 11.9 Å². The quantitative estimate of drug-likeness (QED) is 0.767. The predicted octanol–water partition coefficient (Wildman–Crippen LogP) is 1.65. The van der Waals surface area contributed by atoms with Crippen LogP contribution in [0.25, 0.3) is 0 Å². The SMILES string of the molecule is Cc1ccc(N(C)C(=O)c2ccno2)nc1. The zero-order valence-corrected chi connectivity index (χ0v) is 9.04. The highest BCUT2D eigenvalue weighted by molar-refractivity contribution is 6.03. The van der Waals surface area contributed by atoms with E-state index in [-0.39, 0.29) is 11.7 Å². The van der Waals surface area contributed by atoms with E-state index in [4.69, 9.17) is 4.52 Å². The zero-order valence-electron chi connectivity index (χ0n) is 9.04. The Morgan fingerprint density at radius 1 is 1.38 bits per heavy atom. The summed E-state index contributed by atoms with van der Waals surface area (Å²) in [6.07, 6.45) is 3.14. The van der Waals surface area contributed by atoms with Crippen LogP contribution >= 0.6 is 0 Å². The molecular formula is C11H11N3O2. The molecule has 0 saturated carbocycles. The number of aromatic nitrogens is 2. The first kappa shape index (κ1) is 10.4. The molecule has 0 radical (unpaired) electrons. The highest BCUT2D eigenvalue weighted by atomic mass is 16.5. The zero-order chi connectivity index (χ0) is 11.5. The summed E-state index contributed by atoms with van der Waals surface area (Å²) >= 11 is 0. The van der Waals surface area contributed by atoms with Gasteiger partial charge in [-0.05, 0) is 18.6 Å². The first-order valence-corrected chi connectivity index (χ1v) is 4.80. The standard InChI is InChI=1S/C11H11N3O2/c1-8-3-4-10(12-7-8)14(2)11(15)9-5-6-13-16-9/h3-7H,1-2H3. The van der Waals surface area contributed by atoms with Crippen LogP contribution in [-0.2, 0) is 0 Å². The van der Waals surface area contributed by atoms with Crippen LogP contribution in [0, 0.1) is 6.92 Å². The summed E-state index contributed by atoms with van der Waals surface area (Å²) in [5, 5.41) is 3.49. The van der Waals surface area contributed by atoms with Crippen LogP contribution in [0.1, 0.15) is 16.1 Å².